The largest absolute Gasteiger partial charge is 0.495 e. The first-order valence-electron chi connectivity index (χ1n) is 8.24. The van der Waals surface area contributed by atoms with E-state index in [0.717, 1.165) is 17.1 Å². The summed E-state index contributed by atoms with van der Waals surface area (Å²) in [7, 11) is 1.58. The molecule has 0 aliphatic carbocycles. The topological polar surface area (TPSA) is 93.7 Å². The number of ether oxygens (including phenoxy) is 1. The van der Waals surface area contributed by atoms with Crippen molar-refractivity contribution in [2.75, 3.05) is 12.4 Å². The van der Waals surface area contributed by atoms with E-state index in [1.54, 1.807) is 25.5 Å². The standard InChI is InChI=1S/C19H17N5O3S/c1-27-18-7-3-2-6-17(18)21-19(28)22-20-13-16-5-4-12-23(16)14-8-10-15(11-9-14)24(25)26/h2-13H,1H3,(H2,21,22,28)/b20-13-. The van der Waals surface area contributed by atoms with Gasteiger partial charge in [-0.3, -0.25) is 15.5 Å². The molecule has 3 aromatic rings. The molecule has 0 saturated carbocycles. The van der Waals surface area contributed by atoms with Crippen LogP contribution in [0.15, 0.2) is 72.0 Å². The van der Waals surface area contributed by atoms with Gasteiger partial charge in [-0.05, 0) is 48.6 Å². The smallest absolute Gasteiger partial charge is 0.269 e. The van der Waals surface area contributed by atoms with Crippen LogP contribution in [-0.2, 0) is 0 Å². The average Bonchev–Trinajstić information content (AvgIpc) is 3.17. The molecule has 0 saturated heterocycles. The van der Waals surface area contributed by atoms with Crippen LogP contribution < -0.4 is 15.5 Å². The van der Waals surface area contributed by atoms with Gasteiger partial charge in [0, 0.05) is 24.0 Å². The van der Waals surface area contributed by atoms with Gasteiger partial charge in [-0.25, -0.2) is 0 Å². The molecule has 9 heteroatoms. The second-order valence-electron chi connectivity index (χ2n) is 5.60. The summed E-state index contributed by atoms with van der Waals surface area (Å²) in [5, 5.41) is 18.3. The Balaban J connectivity index is 1.66. The van der Waals surface area contributed by atoms with E-state index < -0.39 is 4.92 Å². The van der Waals surface area contributed by atoms with Crippen molar-refractivity contribution < 1.29 is 9.66 Å². The molecule has 1 aromatic heterocycles. The quantitative estimate of drug-likeness (QED) is 0.286. The molecule has 0 radical (unpaired) electrons. The lowest BCUT2D eigenvalue weighted by molar-refractivity contribution is -0.384. The molecular weight excluding hydrogens is 378 g/mol. The highest BCUT2D eigenvalue weighted by molar-refractivity contribution is 7.80. The number of benzene rings is 2. The number of aromatic nitrogens is 1. The van der Waals surface area contributed by atoms with Crippen molar-refractivity contribution in [1.29, 1.82) is 0 Å². The minimum absolute atomic E-state index is 0.0422. The number of non-ortho nitro benzene ring substituents is 1. The molecule has 0 spiro atoms. The third kappa shape index (κ3) is 4.51. The normalized spacial score (nSPS) is 10.6. The molecule has 28 heavy (non-hydrogen) atoms. The number of nitrogens with one attached hydrogen (secondary N) is 2. The predicted octanol–water partition coefficient (Wildman–Crippen LogP) is 3.71. The van der Waals surface area contributed by atoms with Gasteiger partial charge in [0.25, 0.3) is 5.69 Å². The Morgan fingerprint density at radius 3 is 2.64 bits per heavy atom. The lowest BCUT2D eigenvalue weighted by atomic mass is 10.3. The number of nitro groups is 1. The molecule has 0 bridgehead atoms. The fraction of sp³-hybridized carbons (Fsp3) is 0.0526. The maximum Gasteiger partial charge on any atom is 0.269 e. The number of anilines is 1. The first kappa shape index (κ1) is 19.1. The molecule has 8 nitrogen and oxygen atoms in total. The Kier molecular flexibility index (Phi) is 5.97. The Bertz CT molecular complexity index is 1010. The zero-order valence-electron chi connectivity index (χ0n) is 14.9. The van der Waals surface area contributed by atoms with E-state index >= 15 is 0 Å². The Labute approximate surface area is 166 Å². The summed E-state index contributed by atoms with van der Waals surface area (Å²) in [5.41, 5.74) is 5.09. The number of nitro benzene ring substituents is 1. The molecule has 2 aromatic carbocycles. The van der Waals surface area contributed by atoms with Gasteiger partial charge in [0.15, 0.2) is 5.11 Å². The fourth-order valence-corrected chi connectivity index (χ4v) is 2.69. The van der Waals surface area contributed by atoms with Crippen molar-refractivity contribution in [3.8, 4) is 11.4 Å². The number of methoxy groups -OCH3 is 1. The second kappa shape index (κ2) is 8.78. The Morgan fingerprint density at radius 2 is 1.93 bits per heavy atom. The maximum absolute atomic E-state index is 10.8. The zero-order valence-corrected chi connectivity index (χ0v) is 15.7. The zero-order chi connectivity index (χ0) is 19.9. The van der Waals surface area contributed by atoms with Gasteiger partial charge in [-0.1, -0.05) is 12.1 Å². The molecule has 0 atom stereocenters. The van der Waals surface area contributed by atoms with Crippen LogP contribution >= 0.6 is 12.2 Å². The van der Waals surface area contributed by atoms with E-state index in [2.05, 4.69) is 15.8 Å². The van der Waals surface area contributed by atoms with Gasteiger partial charge in [0.05, 0.1) is 29.6 Å². The van der Waals surface area contributed by atoms with Crippen LogP contribution in [0.3, 0.4) is 0 Å². The molecule has 0 aliphatic rings. The van der Waals surface area contributed by atoms with Crippen molar-refractivity contribution in [1.82, 2.24) is 9.99 Å². The highest BCUT2D eigenvalue weighted by Crippen LogP contribution is 2.22. The van der Waals surface area contributed by atoms with Gasteiger partial charge in [-0.2, -0.15) is 5.10 Å². The lowest BCUT2D eigenvalue weighted by Gasteiger charge is -2.11. The van der Waals surface area contributed by atoms with E-state index in [0.29, 0.717) is 10.9 Å². The van der Waals surface area contributed by atoms with Crippen LogP contribution in [0.5, 0.6) is 5.75 Å². The minimum atomic E-state index is -0.429. The highest BCUT2D eigenvalue weighted by Gasteiger charge is 2.07. The van der Waals surface area contributed by atoms with Gasteiger partial charge in [0.1, 0.15) is 5.75 Å². The summed E-state index contributed by atoms with van der Waals surface area (Å²) in [6, 6.07) is 17.4. The highest BCUT2D eigenvalue weighted by atomic mass is 32.1. The summed E-state index contributed by atoms with van der Waals surface area (Å²) in [4.78, 5) is 10.4. The van der Waals surface area contributed by atoms with E-state index in [4.69, 9.17) is 17.0 Å². The summed E-state index contributed by atoms with van der Waals surface area (Å²) in [6.45, 7) is 0. The summed E-state index contributed by atoms with van der Waals surface area (Å²) in [5.74, 6) is 0.669. The molecule has 142 valence electrons. The molecule has 0 fully saturated rings. The van der Waals surface area contributed by atoms with Crippen LogP contribution in [0, 0.1) is 10.1 Å². The van der Waals surface area contributed by atoms with Crippen LogP contribution in [0.25, 0.3) is 5.69 Å². The molecular formula is C19H17N5O3S. The van der Waals surface area contributed by atoms with Crippen LogP contribution in [0.2, 0.25) is 0 Å². The van der Waals surface area contributed by atoms with E-state index in [1.807, 2.05) is 47.2 Å². The van der Waals surface area contributed by atoms with Crippen molar-refractivity contribution in [2.24, 2.45) is 5.10 Å². The second-order valence-corrected chi connectivity index (χ2v) is 6.01. The molecule has 0 aliphatic heterocycles. The van der Waals surface area contributed by atoms with Gasteiger partial charge in [0.2, 0.25) is 0 Å². The Morgan fingerprint density at radius 1 is 1.18 bits per heavy atom. The van der Waals surface area contributed by atoms with E-state index in [1.165, 1.54) is 12.1 Å². The maximum atomic E-state index is 10.8. The lowest BCUT2D eigenvalue weighted by Crippen LogP contribution is -2.24. The van der Waals surface area contributed by atoms with Crippen LogP contribution in [0.4, 0.5) is 11.4 Å². The number of hydrogen-bond acceptors (Lipinski definition) is 5. The summed E-state index contributed by atoms with van der Waals surface area (Å²) in [6.07, 6.45) is 3.45. The van der Waals surface area contributed by atoms with Gasteiger partial charge >= 0.3 is 0 Å². The third-order valence-electron chi connectivity index (χ3n) is 3.84. The monoisotopic (exact) mass is 395 g/mol. The number of hydrogen-bond donors (Lipinski definition) is 2. The molecule has 2 N–H and O–H groups in total. The fourth-order valence-electron chi connectivity index (χ4n) is 2.52. The van der Waals surface area contributed by atoms with Crippen molar-refractivity contribution in [3.05, 3.63) is 82.7 Å². The SMILES string of the molecule is COc1ccccc1NC(=S)N/N=C\c1cccn1-c1ccc([N+](=O)[O-])cc1. The van der Waals surface area contributed by atoms with Crippen molar-refractivity contribution >= 4 is 34.9 Å². The minimum Gasteiger partial charge on any atom is -0.495 e. The molecule has 0 amide bonds. The number of para-hydroxylation sites is 2. The number of nitrogens with zero attached hydrogens (tertiary/aromatic N) is 3. The average molecular weight is 395 g/mol. The molecule has 3 rings (SSSR count). The first-order chi connectivity index (χ1) is 13.6. The summed E-state index contributed by atoms with van der Waals surface area (Å²) < 4.78 is 7.12. The predicted molar refractivity (Wildman–Crippen MR) is 112 cm³/mol. The number of hydrazone groups is 1. The van der Waals surface area contributed by atoms with Gasteiger partial charge in [-0.15, -0.1) is 0 Å². The first-order valence-corrected chi connectivity index (χ1v) is 8.64. The van der Waals surface area contributed by atoms with Crippen LogP contribution in [0.1, 0.15) is 5.69 Å². The van der Waals surface area contributed by atoms with Crippen molar-refractivity contribution in [2.45, 2.75) is 0 Å². The van der Waals surface area contributed by atoms with Gasteiger partial charge < -0.3 is 14.6 Å². The molecule has 0 unspecified atom stereocenters. The van der Waals surface area contributed by atoms with Crippen LogP contribution in [-0.4, -0.2) is 27.9 Å². The third-order valence-corrected chi connectivity index (χ3v) is 4.03. The van der Waals surface area contributed by atoms with E-state index in [-0.39, 0.29) is 5.69 Å². The van der Waals surface area contributed by atoms with Crippen molar-refractivity contribution in [3.63, 3.8) is 0 Å². The Hall–Kier alpha value is -3.72. The molecule has 1 heterocycles. The number of thiocarbonyl (C=S) groups is 1. The summed E-state index contributed by atoms with van der Waals surface area (Å²) >= 11 is 5.24. The number of rotatable bonds is 6. The van der Waals surface area contributed by atoms with E-state index in [9.17, 15) is 10.1 Å².